The molecule has 2 heterocycles. The van der Waals surface area contributed by atoms with Crippen LogP contribution in [0.15, 0.2) is 35.9 Å². The number of likely N-dealkylation sites (tertiary alicyclic amines) is 1. The summed E-state index contributed by atoms with van der Waals surface area (Å²) in [6.45, 7) is 5.99. The molecular formula is C19H27N5O2. The number of nitrogens with zero attached hydrogens (tertiary/aromatic N) is 3. The summed E-state index contributed by atoms with van der Waals surface area (Å²) in [7, 11) is 2.13. The van der Waals surface area contributed by atoms with Crippen molar-refractivity contribution in [2.24, 2.45) is 0 Å². The van der Waals surface area contributed by atoms with Crippen LogP contribution in [0.25, 0.3) is 0 Å². The Labute approximate surface area is 154 Å². The van der Waals surface area contributed by atoms with Gasteiger partial charge in [-0.3, -0.25) is 10.3 Å². The lowest BCUT2D eigenvalue weighted by Crippen LogP contribution is -2.42. The van der Waals surface area contributed by atoms with Gasteiger partial charge in [-0.05, 0) is 46.2 Å². The fraction of sp³-hybridized carbons (Fsp3) is 0.526. The van der Waals surface area contributed by atoms with Crippen LogP contribution >= 0.6 is 0 Å². The molecule has 1 atom stereocenters. The fourth-order valence-corrected chi connectivity index (χ4v) is 3.14. The predicted molar refractivity (Wildman–Crippen MR) is 101 cm³/mol. The van der Waals surface area contributed by atoms with Crippen LogP contribution in [0.4, 0.5) is 10.6 Å². The van der Waals surface area contributed by atoms with E-state index in [4.69, 9.17) is 4.74 Å². The van der Waals surface area contributed by atoms with Crippen molar-refractivity contribution < 1.29 is 9.53 Å². The number of anilines is 1. The average Bonchev–Trinajstić information content (AvgIpc) is 2.61. The Morgan fingerprint density at radius 2 is 1.96 bits per heavy atom. The highest BCUT2D eigenvalue weighted by molar-refractivity contribution is 5.88. The summed E-state index contributed by atoms with van der Waals surface area (Å²) in [5.74, 6) is 1.26. The first-order chi connectivity index (χ1) is 12.5. The topological polar surface area (TPSA) is 79.4 Å². The highest BCUT2D eigenvalue weighted by Gasteiger charge is 2.26. The van der Waals surface area contributed by atoms with Gasteiger partial charge in [-0.25, -0.2) is 9.78 Å². The van der Waals surface area contributed by atoms with Gasteiger partial charge < -0.3 is 15.0 Å². The van der Waals surface area contributed by atoms with E-state index in [0.29, 0.717) is 5.82 Å². The van der Waals surface area contributed by atoms with Gasteiger partial charge in [-0.1, -0.05) is 11.6 Å². The number of allylic oxidation sites excluding steroid dienone is 2. The molecule has 0 bridgehead atoms. The van der Waals surface area contributed by atoms with E-state index in [1.54, 1.807) is 12.4 Å². The number of rotatable bonds is 4. The van der Waals surface area contributed by atoms with E-state index in [9.17, 15) is 4.79 Å². The zero-order valence-corrected chi connectivity index (χ0v) is 15.7. The monoisotopic (exact) mass is 357 g/mol. The molecule has 1 unspecified atom stereocenters. The number of carbonyl (C=O) groups is 1. The number of hydrogen-bond acceptors (Lipinski definition) is 5. The molecule has 2 amide bonds. The van der Waals surface area contributed by atoms with Gasteiger partial charge in [-0.15, -0.1) is 0 Å². The van der Waals surface area contributed by atoms with Gasteiger partial charge in [0.2, 0.25) is 0 Å². The van der Waals surface area contributed by atoms with Gasteiger partial charge in [0.1, 0.15) is 11.9 Å². The van der Waals surface area contributed by atoms with Crippen molar-refractivity contribution in [2.45, 2.75) is 45.3 Å². The molecule has 1 aliphatic heterocycles. The van der Waals surface area contributed by atoms with E-state index >= 15 is 0 Å². The van der Waals surface area contributed by atoms with E-state index in [1.807, 2.05) is 13.0 Å². The molecule has 2 aliphatic rings. The lowest BCUT2D eigenvalue weighted by atomic mass is 9.99. The Bertz CT molecular complexity index is 690. The molecule has 1 aromatic rings. The van der Waals surface area contributed by atoms with E-state index in [1.165, 1.54) is 5.57 Å². The summed E-state index contributed by atoms with van der Waals surface area (Å²) in [6, 6.07) is -0.473. The normalized spacial score (nSPS) is 21.6. The second kappa shape index (κ2) is 8.31. The number of nitrogens with one attached hydrogen (secondary N) is 2. The molecular weight excluding hydrogens is 330 g/mol. The molecule has 0 radical (unpaired) electrons. The largest absolute Gasteiger partial charge is 0.492 e. The van der Waals surface area contributed by atoms with Crippen LogP contribution in [0.1, 0.15) is 31.9 Å². The van der Waals surface area contributed by atoms with Crippen LogP contribution in [0, 0.1) is 6.92 Å². The SMILES string of the molecule is CC1=CC=C(OC2CCN(C)CC2)C(NC(=O)Nc2cnc(C)cn2)C1. The van der Waals surface area contributed by atoms with Crippen LogP contribution in [-0.4, -0.2) is 53.2 Å². The minimum absolute atomic E-state index is 0.168. The Morgan fingerprint density at radius 3 is 2.65 bits per heavy atom. The third-order valence-corrected chi connectivity index (χ3v) is 4.70. The third-order valence-electron chi connectivity index (χ3n) is 4.70. The molecule has 1 aromatic heterocycles. The first kappa shape index (κ1) is 18.4. The number of carbonyl (C=O) groups excluding carboxylic acids is 1. The van der Waals surface area contributed by atoms with Gasteiger partial charge >= 0.3 is 6.03 Å². The van der Waals surface area contributed by atoms with E-state index in [-0.39, 0.29) is 18.2 Å². The second-order valence-corrected chi connectivity index (χ2v) is 7.10. The van der Waals surface area contributed by atoms with E-state index in [2.05, 4.69) is 45.5 Å². The first-order valence-corrected chi connectivity index (χ1v) is 9.08. The summed E-state index contributed by atoms with van der Waals surface area (Å²) in [6.07, 6.45) is 10.2. The minimum atomic E-state index is -0.305. The highest BCUT2D eigenvalue weighted by Crippen LogP contribution is 2.24. The smallest absolute Gasteiger partial charge is 0.321 e. The number of hydrogen-bond donors (Lipinski definition) is 2. The summed E-state index contributed by atoms with van der Waals surface area (Å²) in [5, 5.41) is 5.73. The molecule has 7 heteroatoms. The molecule has 140 valence electrons. The van der Waals surface area contributed by atoms with Crippen molar-refractivity contribution in [3.8, 4) is 0 Å². The first-order valence-electron chi connectivity index (χ1n) is 9.08. The van der Waals surface area contributed by atoms with Gasteiger partial charge in [-0.2, -0.15) is 0 Å². The Kier molecular flexibility index (Phi) is 5.88. The van der Waals surface area contributed by atoms with Crippen LogP contribution in [-0.2, 0) is 4.74 Å². The Balaban J connectivity index is 1.59. The van der Waals surface area contributed by atoms with Crippen molar-refractivity contribution in [1.29, 1.82) is 0 Å². The molecule has 26 heavy (non-hydrogen) atoms. The molecule has 1 aliphatic carbocycles. The fourth-order valence-electron chi connectivity index (χ4n) is 3.14. The van der Waals surface area contributed by atoms with Gasteiger partial charge in [0, 0.05) is 13.1 Å². The summed E-state index contributed by atoms with van der Waals surface area (Å²) in [5.41, 5.74) is 2.02. The maximum Gasteiger partial charge on any atom is 0.321 e. The predicted octanol–water partition coefficient (Wildman–Crippen LogP) is 2.62. The minimum Gasteiger partial charge on any atom is -0.492 e. The van der Waals surface area contributed by atoms with Crippen molar-refractivity contribution in [3.63, 3.8) is 0 Å². The molecule has 2 N–H and O–H groups in total. The average molecular weight is 357 g/mol. The number of piperidine rings is 1. The molecule has 7 nitrogen and oxygen atoms in total. The molecule has 1 fully saturated rings. The number of aryl methyl sites for hydroxylation is 1. The maximum atomic E-state index is 12.4. The second-order valence-electron chi connectivity index (χ2n) is 7.10. The van der Waals surface area contributed by atoms with Crippen molar-refractivity contribution in [2.75, 3.05) is 25.5 Å². The molecule has 1 saturated heterocycles. The van der Waals surface area contributed by atoms with Crippen LogP contribution in [0.2, 0.25) is 0 Å². The van der Waals surface area contributed by atoms with Crippen molar-refractivity contribution in [1.82, 2.24) is 20.2 Å². The van der Waals surface area contributed by atoms with Crippen LogP contribution < -0.4 is 10.6 Å². The Hall–Kier alpha value is -2.41. The van der Waals surface area contributed by atoms with Gasteiger partial charge in [0.15, 0.2) is 5.82 Å². The third kappa shape index (κ3) is 5.05. The van der Waals surface area contributed by atoms with Crippen LogP contribution in [0.3, 0.4) is 0 Å². The lowest BCUT2D eigenvalue weighted by molar-refractivity contribution is 0.0478. The highest BCUT2D eigenvalue weighted by atomic mass is 16.5. The zero-order valence-electron chi connectivity index (χ0n) is 15.7. The number of urea groups is 1. The summed E-state index contributed by atoms with van der Waals surface area (Å²) < 4.78 is 6.23. The zero-order chi connectivity index (χ0) is 18.5. The van der Waals surface area contributed by atoms with E-state index < -0.39 is 0 Å². The summed E-state index contributed by atoms with van der Waals surface area (Å²) >= 11 is 0. The molecule has 0 aromatic carbocycles. The molecule has 0 saturated carbocycles. The summed E-state index contributed by atoms with van der Waals surface area (Å²) in [4.78, 5) is 22.9. The number of amides is 2. The number of aromatic nitrogens is 2. The Morgan fingerprint density at radius 1 is 1.19 bits per heavy atom. The number of ether oxygens (including phenoxy) is 1. The lowest BCUT2D eigenvalue weighted by Gasteiger charge is -2.33. The maximum absolute atomic E-state index is 12.4. The standard InChI is InChI=1S/C19H27N5O2/c1-13-4-5-17(26-15-6-8-24(3)9-7-15)16(10-13)22-19(25)23-18-12-20-14(2)11-21-18/h4-5,11-12,15-16H,6-10H2,1-3H3,(H2,21,22,23,25). The van der Waals surface area contributed by atoms with Crippen molar-refractivity contribution in [3.05, 3.63) is 41.6 Å². The molecule has 3 rings (SSSR count). The van der Waals surface area contributed by atoms with Gasteiger partial charge in [0.25, 0.3) is 0 Å². The molecule has 0 spiro atoms. The van der Waals surface area contributed by atoms with Crippen LogP contribution in [0.5, 0.6) is 0 Å². The van der Waals surface area contributed by atoms with Gasteiger partial charge in [0.05, 0.1) is 24.1 Å². The quantitative estimate of drug-likeness (QED) is 0.866. The van der Waals surface area contributed by atoms with Crippen molar-refractivity contribution >= 4 is 11.8 Å². The van der Waals surface area contributed by atoms with E-state index in [0.717, 1.165) is 43.8 Å².